The van der Waals surface area contributed by atoms with Crippen LogP contribution in [0.4, 0.5) is 0 Å². The predicted molar refractivity (Wildman–Crippen MR) is 70.0 cm³/mol. The van der Waals surface area contributed by atoms with Gasteiger partial charge in [-0.25, -0.2) is 0 Å². The van der Waals surface area contributed by atoms with Crippen molar-refractivity contribution in [2.24, 2.45) is 0 Å². The number of methoxy groups -OCH3 is 1. The van der Waals surface area contributed by atoms with Crippen LogP contribution in [0.1, 0.15) is 11.1 Å². The smallest absolute Gasteiger partial charge is 0.118 e. The molecule has 0 saturated heterocycles. The molecule has 17 heavy (non-hydrogen) atoms. The Morgan fingerprint density at radius 1 is 0.941 bits per heavy atom. The monoisotopic (exact) mass is 222 g/mol. The Morgan fingerprint density at radius 3 is 2.29 bits per heavy atom. The fourth-order valence-corrected chi connectivity index (χ4v) is 1.52. The standard InChI is InChI=1S/C16H14O/c1-17-16-12-10-15(11-13-16)9-5-8-14-6-3-2-4-7-14/h2-4,6-7,10-13H,8H2,1H3. The van der Waals surface area contributed by atoms with Gasteiger partial charge in [-0.3, -0.25) is 0 Å². The summed E-state index contributed by atoms with van der Waals surface area (Å²) < 4.78 is 5.09. The van der Waals surface area contributed by atoms with Crippen LogP contribution >= 0.6 is 0 Å². The van der Waals surface area contributed by atoms with Crippen molar-refractivity contribution >= 4 is 0 Å². The lowest BCUT2D eigenvalue weighted by molar-refractivity contribution is 0.415. The van der Waals surface area contributed by atoms with Crippen LogP contribution in [0.5, 0.6) is 5.75 Å². The van der Waals surface area contributed by atoms with Gasteiger partial charge >= 0.3 is 0 Å². The summed E-state index contributed by atoms with van der Waals surface area (Å²) in [5.41, 5.74) is 2.26. The molecule has 0 fully saturated rings. The summed E-state index contributed by atoms with van der Waals surface area (Å²) in [6, 6.07) is 18.0. The van der Waals surface area contributed by atoms with Crippen molar-refractivity contribution in [2.45, 2.75) is 6.42 Å². The first kappa shape index (κ1) is 11.3. The molecular weight excluding hydrogens is 208 g/mol. The van der Waals surface area contributed by atoms with Crippen LogP contribution in [0.15, 0.2) is 54.6 Å². The van der Waals surface area contributed by atoms with Gasteiger partial charge in [0.25, 0.3) is 0 Å². The van der Waals surface area contributed by atoms with Gasteiger partial charge in [0.2, 0.25) is 0 Å². The molecule has 2 rings (SSSR count). The Hall–Kier alpha value is -2.20. The summed E-state index contributed by atoms with van der Waals surface area (Å²) in [6.07, 6.45) is 0.785. The van der Waals surface area contributed by atoms with Crippen LogP contribution in [0.2, 0.25) is 0 Å². The highest BCUT2D eigenvalue weighted by Gasteiger charge is 1.90. The Bertz CT molecular complexity index is 515. The summed E-state index contributed by atoms with van der Waals surface area (Å²) in [7, 11) is 1.66. The zero-order valence-electron chi connectivity index (χ0n) is 9.81. The van der Waals surface area contributed by atoms with Crippen LogP contribution in [-0.4, -0.2) is 7.11 Å². The summed E-state index contributed by atoms with van der Waals surface area (Å²) in [5.74, 6) is 7.16. The molecule has 0 aliphatic heterocycles. The second kappa shape index (κ2) is 5.77. The Kier molecular flexibility index (Phi) is 3.83. The Labute approximate surface area is 102 Å². The van der Waals surface area contributed by atoms with Crippen molar-refractivity contribution in [3.8, 4) is 17.6 Å². The van der Waals surface area contributed by atoms with Crippen molar-refractivity contribution in [3.05, 3.63) is 65.7 Å². The van der Waals surface area contributed by atoms with Crippen molar-refractivity contribution < 1.29 is 4.74 Å². The minimum Gasteiger partial charge on any atom is -0.497 e. The molecule has 2 aromatic rings. The van der Waals surface area contributed by atoms with E-state index in [0.717, 1.165) is 17.7 Å². The molecule has 0 aliphatic rings. The number of rotatable bonds is 2. The first-order valence-corrected chi connectivity index (χ1v) is 5.55. The van der Waals surface area contributed by atoms with E-state index in [1.165, 1.54) is 5.56 Å². The molecule has 0 aromatic heterocycles. The molecule has 2 aromatic carbocycles. The highest BCUT2D eigenvalue weighted by molar-refractivity contribution is 5.39. The molecule has 0 radical (unpaired) electrons. The lowest BCUT2D eigenvalue weighted by Crippen LogP contribution is -1.82. The summed E-state index contributed by atoms with van der Waals surface area (Å²) >= 11 is 0. The maximum Gasteiger partial charge on any atom is 0.118 e. The molecule has 0 amide bonds. The van der Waals surface area contributed by atoms with Crippen molar-refractivity contribution in [1.82, 2.24) is 0 Å². The molecule has 0 saturated carbocycles. The van der Waals surface area contributed by atoms with E-state index < -0.39 is 0 Å². The average Bonchev–Trinajstić information content (AvgIpc) is 2.41. The molecule has 1 nitrogen and oxygen atoms in total. The molecule has 1 heteroatoms. The maximum atomic E-state index is 5.09. The van der Waals surface area contributed by atoms with Gasteiger partial charge in [0.1, 0.15) is 5.75 Å². The largest absolute Gasteiger partial charge is 0.497 e. The van der Waals surface area contributed by atoms with Crippen molar-refractivity contribution in [3.63, 3.8) is 0 Å². The van der Waals surface area contributed by atoms with E-state index in [2.05, 4.69) is 24.0 Å². The topological polar surface area (TPSA) is 9.23 Å². The second-order valence-corrected chi connectivity index (χ2v) is 3.69. The number of ether oxygens (including phenoxy) is 1. The fraction of sp³-hybridized carbons (Fsp3) is 0.125. The van der Waals surface area contributed by atoms with Gasteiger partial charge in [0.05, 0.1) is 7.11 Å². The molecule has 0 bridgehead atoms. The second-order valence-electron chi connectivity index (χ2n) is 3.69. The maximum absolute atomic E-state index is 5.09. The van der Waals surface area contributed by atoms with E-state index in [9.17, 15) is 0 Å². The highest BCUT2D eigenvalue weighted by Crippen LogP contribution is 2.10. The normalized spacial score (nSPS) is 9.24. The fourth-order valence-electron chi connectivity index (χ4n) is 1.52. The van der Waals surface area contributed by atoms with Crippen molar-refractivity contribution in [1.29, 1.82) is 0 Å². The molecule has 0 atom stereocenters. The zero-order chi connectivity index (χ0) is 11.9. The quantitative estimate of drug-likeness (QED) is 0.708. The third-order valence-electron chi connectivity index (χ3n) is 2.46. The number of hydrogen-bond donors (Lipinski definition) is 0. The van der Waals surface area contributed by atoms with Crippen LogP contribution in [0, 0.1) is 11.8 Å². The van der Waals surface area contributed by atoms with Gasteiger partial charge in [-0.1, -0.05) is 42.2 Å². The van der Waals surface area contributed by atoms with E-state index in [1.807, 2.05) is 42.5 Å². The minimum absolute atomic E-state index is 0.785. The van der Waals surface area contributed by atoms with Gasteiger partial charge < -0.3 is 4.74 Å². The highest BCUT2D eigenvalue weighted by atomic mass is 16.5. The summed E-state index contributed by atoms with van der Waals surface area (Å²) in [6.45, 7) is 0. The minimum atomic E-state index is 0.785. The number of hydrogen-bond acceptors (Lipinski definition) is 1. The summed E-state index contributed by atoms with van der Waals surface area (Å²) in [4.78, 5) is 0. The van der Waals surface area contributed by atoms with Gasteiger partial charge in [-0.15, -0.1) is 0 Å². The van der Waals surface area contributed by atoms with Gasteiger partial charge in [-0.05, 0) is 29.8 Å². The van der Waals surface area contributed by atoms with E-state index in [4.69, 9.17) is 4.74 Å². The molecular formula is C16H14O. The van der Waals surface area contributed by atoms with E-state index in [-0.39, 0.29) is 0 Å². The van der Waals surface area contributed by atoms with E-state index in [1.54, 1.807) is 7.11 Å². The third kappa shape index (κ3) is 3.39. The van der Waals surface area contributed by atoms with E-state index >= 15 is 0 Å². The predicted octanol–water partition coefficient (Wildman–Crippen LogP) is 3.29. The van der Waals surface area contributed by atoms with Crippen LogP contribution in [0.3, 0.4) is 0 Å². The molecule has 0 heterocycles. The molecule has 0 aliphatic carbocycles. The Morgan fingerprint density at radius 2 is 1.65 bits per heavy atom. The lowest BCUT2D eigenvalue weighted by atomic mass is 10.1. The van der Waals surface area contributed by atoms with Crippen LogP contribution in [0.25, 0.3) is 0 Å². The van der Waals surface area contributed by atoms with E-state index in [0.29, 0.717) is 0 Å². The summed E-state index contributed by atoms with van der Waals surface area (Å²) in [5, 5.41) is 0. The van der Waals surface area contributed by atoms with Crippen LogP contribution < -0.4 is 4.74 Å². The molecule has 84 valence electrons. The molecule has 0 N–H and O–H groups in total. The number of benzene rings is 2. The first-order valence-electron chi connectivity index (χ1n) is 5.55. The first-order chi connectivity index (χ1) is 8.38. The SMILES string of the molecule is COc1ccc(C#CCc2ccccc2)cc1. The van der Waals surface area contributed by atoms with Crippen LogP contribution in [-0.2, 0) is 6.42 Å². The van der Waals surface area contributed by atoms with Crippen molar-refractivity contribution in [2.75, 3.05) is 7.11 Å². The van der Waals surface area contributed by atoms with Gasteiger partial charge in [-0.2, -0.15) is 0 Å². The average molecular weight is 222 g/mol. The third-order valence-corrected chi connectivity index (χ3v) is 2.46. The lowest BCUT2D eigenvalue weighted by Gasteiger charge is -1.97. The zero-order valence-corrected chi connectivity index (χ0v) is 9.81. The Balaban J connectivity index is 2.01. The molecule has 0 spiro atoms. The molecule has 0 unspecified atom stereocenters. The van der Waals surface area contributed by atoms with Gasteiger partial charge in [0, 0.05) is 12.0 Å². The van der Waals surface area contributed by atoms with Gasteiger partial charge in [0.15, 0.2) is 0 Å².